The number of ether oxygens (including phenoxy) is 2. The summed E-state index contributed by atoms with van der Waals surface area (Å²) in [5.74, 6) is 2.56. The topological polar surface area (TPSA) is 69.4 Å². The summed E-state index contributed by atoms with van der Waals surface area (Å²) in [5.41, 5.74) is 0.807. The van der Waals surface area contributed by atoms with E-state index >= 15 is 0 Å². The minimum absolute atomic E-state index is 0. The van der Waals surface area contributed by atoms with E-state index in [-0.39, 0.29) is 12.4 Å². The van der Waals surface area contributed by atoms with E-state index in [9.17, 15) is 0 Å². The molecule has 0 bridgehead atoms. The van der Waals surface area contributed by atoms with Gasteiger partial charge in [-0.2, -0.15) is 4.98 Å². The SMILES string of the molecule is CNC(C)Cc1noc(-c2cc(Br)c3c(c2)OCCO3)n1.Cl. The van der Waals surface area contributed by atoms with Crippen LogP contribution in [0, 0.1) is 0 Å². The van der Waals surface area contributed by atoms with E-state index in [1.807, 2.05) is 19.2 Å². The highest BCUT2D eigenvalue weighted by atomic mass is 79.9. The molecule has 0 radical (unpaired) electrons. The molecular weight excluding hydrogens is 374 g/mol. The van der Waals surface area contributed by atoms with Gasteiger partial charge in [-0.3, -0.25) is 0 Å². The third-order valence-electron chi connectivity index (χ3n) is 3.29. The normalized spacial score (nSPS) is 14.3. The first kappa shape index (κ1) is 17.1. The summed E-state index contributed by atoms with van der Waals surface area (Å²) in [4.78, 5) is 4.42. The molecule has 0 spiro atoms. The Bertz CT molecular complexity index is 650. The minimum atomic E-state index is 0. The molecule has 1 aliphatic rings. The van der Waals surface area contributed by atoms with Crippen molar-refractivity contribution in [3.05, 3.63) is 22.4 Å². The molecule has 2 heterocycles. The molecule has 22 heavy (non-hydrogen) atoms. The summed E-state index contributed by atoms with van der Waals surface area (Å²) < 4.78 is 17.3. The molecule has 0 saturated heterocycles. The predicted octanol–water partition coefficient (Wildman–Crippen LogP) is 2.84. The molecule has 3 rings (SSSR count). The maximum absolute atomic E-state index is 5.60. The molecule has 1 atom stereocenters. The summed E-state index contributed by atoms with van der Waals surface area (Å²) >= 11 is 3.48. The van der Waals surface area contributed by atoms with Gasteiger partial charge in [0.1, 0.15) is 13.2 Å². The maximum atomic E-state index is 5.60. The zero-order chi connectivity index (χ0) is 14.8. The Labute approximate surface area is 143 Å². The first-order chi connectivity index (χ1) is 10.2. The lowest BCUT2D eigenvalue weighted by Gasteiger charge is -2.19. The standard InChI is InChI=1S/C14H16BrN3O3.ClH/c1-8(16-2)5-12-17-14(21-18-12)9-6-10(15)13-11(7-9)19-3-4-20-13;/h6-8,16H,3-5H2,1-2H3;1H. The minimum Gasteiger partial charge on any atom is -0.486 e. The van der Waals surface area contributed by atoms with Crippen LogP contribution in [-0.2, 0) is 6.42 Å². The quantitative estimate of drug-likeness (QED) is 0.866. The van der Waals surface area contributed by atoms with Gasteiger partial charge in [0, 0.05) is 18.0 Å². The Morgan fingerprint density at radius 2 is 2.09 bits per heavy atom. The lowest BCUT2D eigenvalue weighted by molar-refractivity contribution is 0.170. The lowest BCUT2D eigenvalue weighted by atomic mass is 10.2. The number of aromatic nitrogens is 2. The largest absolute Gasteiger partial charge is 0.486 e. The second-order valence-electron chi connectivity index (χ2n) is 4.89. The Kier molecular flexibility index (Phi) is 5.66. The number of rotatable bonds is 4. The predicted molar refractivity (Wildman–Crippen MR) is 87.9 cm³/mol. The van der Waals surface area contributed by atoms with Gasteiger partial charge in [0.2, 0.25) is 0 Å². The van der Waals surface area contributed by atoms with Gasteiger partial charge in [0.05, 0.1) is 4.47 Å². The average molecular weight is 391 g/mol. The average Bonchev–Trinajstić information content (AvgIpc) is 2.95. The van der Waals surface area contributed by atoms with Crippen LogP contribution in [0.5, 0.6) is 11.5 Å². The van der Waals surface area contributed by atoms with Gasteiger partial charge in [0.15, 0.2) is 17.3 Å². The number of halogens is 2. The molecule has 1 unspecified atom stereocenters. The van der Waals surface area contributed by atoms with Crippen molar-refractivity contribution in [2.24, 2.45) is 0 Å². The summed E-state index contributed by atoms with van der Waals surface area (Å²) in [6, 6.07) is 4.05. The first-order valence-electron chi connectivity index (χ1n) is 6.76. The second-order valence-corrected chi connectivity index (χ2v) is 5.75. The lowest BCUT2D eigenvalue weighted by Crippen LogP contribution is -2.24. The van der Waals surface area contributed by atoms with E-state index in [2.05, 4.69) is 38.3 Å². The molecule has 0 amide bonds. The van der Waals surface area contributed by atoms with Crippen molar-refractivity contribution in [1.29, 1.82) is 0 Å². The molecule has 0 aliphatic carbocycles. The first-order valence-corrected chi connectivity index (χ1v) is 7.56. The maximum Gasteiger partial charge on any atom is 0.258 e. The molecular formula is C14H17BrClN3O3. The molecule has 8 heteroatoms. The van der Waals surface area contributed by atoms with Crippen LogP contribution in [0.4, 0.5) is 0 Å². The number of benzene rings is 1. The molecule has 2 aromatic rings. The Morgan fingerprint density at radius 1 is 1.32 bits per heavy atom. The van der Waals surface area contributed by atoms with Gasteiger partial charge in [0.25, 0.3) is 5.89 Å². The molecule has 1 N–H and O–H groups in total. The number of hydrogen-bond donors (Lipinski definition) is 1. The van der Waals surface area contributed by atoms with Crippen LogP contribution in [0.1, 0.15) is 12.7 Å². The smallest absolute Gasteiger partial charge is 0.258 e. The number of hydrogen-bond acceptors (Lipinski definition) is 6. The van der Waals surface area contributed by atoms with E-state index in [4.69, 9.17) is 14.0 Å². The van der Waals surface area contributed by atoms with Crippen LogP contribution in [0.2, 0.25) is 0 Å². The van der Waals surface area contributed by atoms with Crippen molar-refractivity contribution in [3.8, 4) is 23.0 Å². The fraction of sp³-hybridized carbons (Fsp3) is 0.429. The Hall–Kier alpha value is -1.31. The van der Waals surface area contributed by atoms with Crippen molar-refractivity contribution in [1.82, 2.24) is 15.5 Å². The number of nitrogens with one attached hydrogen (secondary N) is 1. The highest BCUT2D eigenvalue weighted by molar-refractivity contribution is 9.10. The molecule has 1 aliphatic heterocycles. The zero-order valence-electron chi connectivity index (χ0n) is 12.3. The van der Waals surface area contributed by atoms with Gasteiger partial charge in [-0.25, -0.2) is 0 Å². The molecule has 120 valence electrons. The second kappa shape index (κ2) is 7.30. The highest BCUT2D eigenvalue weighted by Gasteiger charge is 2.19. The summed E-state index contributed by atoms with van der Waals surface area (Å²) in [5, 5.41) is 7.16. The Morgan fingerprint density at radius 3 is 2.86 bits per heavy atom. The van der Waals surface area contributed by atoms with Gasteiger partial charge in [-0.1, -0.05) is 5.16 Å². The summed E-state index contributed by atoms with van der Waals surface area (Å²) in [7, 11) is 1.91. The van der Waals surface area contributed by atoms with Crippen molar-refractivity contribution < 1.29 is 14.0 Å². The Balaban J connectivity index is 0.00000176. The van der Waals surface area contributed by atoms with E-state index in [0.29, 0.717) is 48.9 Å². The zero-order valence-corrected chi connectivity index (χ0v) is 14.7. The summed E-state index contributed by atoms with van der Waals surface area (Å²) in [6.07, 6.45) is 0.714. The van der Waals surface area contributed by atoms with Gasteiger partial charge in [-0.05, 0) is 42.0 Å². The van der Waals surface area contributed by atoms with Gasteiger partial charge >= 0.3 is 0 Å². The van der Waals surface area contributed by atoms with Crippen molar-refractivity contribution in [2.45, 2.75) is 19.4 Å². The molecule has 1 aromatic heterocycles. The van der Waals surface area contributed by atoms with Crippen molar-refractivity contribution in [3.63, 3.8) is 0 Å². The van der Waals surface area contributed by atoms with E-state index in [1.165, 1.54) is 0 Å². The van der Waals surface area contributed by atoms with E-state index < -0.39 is 0 Å². The van der Waals surface area contributed by atoms with Crippen LogP contribution in [0.3, 0.4) is 0 Å². The van der Waals surface area contributed by atoms with E-state index in [0.717, 1.165) is 10.0 Å². The van der Waals surface area contributed by atoms with Crippen molar-refractivity contribution >= 4 is 28.3 Å². The number of likely N-dealkylation sites (N-methyl/N-ethyl adjacent to an activating group) is 1. The van der Waals surface area contributed by atoms with Gasteiger partial charge < -0.3 is 19.3 Å². The third kappa shape index (κ3) is 3.53. The van der Waals surface area contributed by atoms with Gasteiger partial charge in [-0.15, -0.1) is 12.4 Å². The van der Waals surface area contributed by atoms with Crippen molar-refractivity contribution in [2.75, 3.05) is 20.3 Å². The molecule has 0 fully saturated rings. The molecule has 0 saturated carbocycles. The summed E-state index contributed by atoms with van der Waals surface area (Å²) in [6.45, 7) is 3.16. The van der Waals surface area contributed by atoms with Crippen LogP contribution >= 0.6 is 28.3 Å². The fourth-order valence-corrected chi connectivity index (χ4v) is 2.62. The van der Waals surface area contributed by atoms with E-state index in [1.54, 1.807) is 0 Å². The third-order valence-corrected chi connectivity index (χ3v) is 3.88. The fourth-order valence-electron chi connectivity index (χ4n) is 2.06. The highest BCUT2D eigenvalue weighted by Crippen LogP contribution is 2.40. The molecule has 1 aromatic carbocycles. The monoisotopic (exact) mass is 389 g/mol. The number of nitrogens with zero attached hydrogens (tertiary/aromatic N) is 2. The van der Waals surface area contributed by atoms with Crippen LogP contribution in [-0.4, -0.2) is 36.4 Å². The number of fused-ring (bicyclic) bond motifs is 1. The van der Waals surface area contributed by atoms with Crippen LogP contribution < -0.4 is 14.8 Å². The van der Waals surface area contributed by atoms with Crippen LogP contribution in [0.15, 0.2) is 21.1 Å². The molecule has 6 nitrogen and oxygen atoms in total. The van der Waals surface area contributed by atoms with Crippen LogP contribution in [0.25, 0.3) is 11.5 Å².